The van der Waals surface area contributed by atoms with E-state index in [1.165, 1.54) is 6.08 Å². The van der Waals surface area contributed by atoms with E-state index in [9.17, 15) is 14.4 Å². The summed E-state index contributed by atoms with van der Waals surface area (Å²) in [5, 5.41) is 14.5. The highest BCUT2D eigenvalue weighted by atomic mass is 16.6. The van der Waals surface area contributed by atoms with Gasteiger partial charge < -0.3 is 20.5 Å². The Morgan fingerprint density at radius 3 is 2.46 bits per heavy atom. The number of pyridine rings is 1. The highest BCUT2D eigenvalue weighted by Crippen LogP contribution is 2.27. The van der Waals surface area contributed by atoms with Crippen LogP contribution < -0.4 is 10.6 Å². The number of nitrogens with zero attached hydrogens (tertiary/aromatic N) is 1. The summed E-state index contributed by atoms with van der Waals surface area (Å²) in [6, 6.07) is 15.8. The topological polar surface area (TPSA) is 118 Å². The van der Waals surface area contributed by atoms with Crippen molar-refractivity contribution in [2.45, 2.75) is 32.9 Å². The van der Waals surface area contributed by atoms with Gasteiger partial charge in [-0.25, -0.2) is 9.59 Å². The van der Waals surface area contributed by atoms with Crippen LogP contribution in [0.3, 0.4) is 0 Å². The van der Waals surface area contributed by atoms with Crippen molar-refractivity contribution in [1.82, 2.24) is 10.3 Å². The summed E-state index contributed by atoms with van der Waals surface area (Å²) in [6.45, 7) is 5.52. The Labute approximate surface area is 203 Å². The minimum Gasteiger partial charge on any atom is -0.478 e. The molecule has 8 nitrogen and oxygen atoms in total. The number of carbonyl (C=O) groups excluding carboxylic acids is 2. The molecule has 0 radical (unpaired) electrons. The van der Waals surface area contributed by atoms with Crippen LogP contribution in [0.5, 0.6) is 0 Å². The Balaban J connectivity index is 1.94. The number of aromatic nitrogens is 1. The first kappa shape index (κ1) is 25.2. The number of carboxylic acid groups (broad SMARTS) is 1. The Morgan fingerprint density at radius 2 is 1.77 bits per heavy atom. The summed E-state index contributed by atoms with van der Waals surface area (Å²) in [7, 11) is 0. The smallest absolute Gasteiger partial charge is 0.407 e. The highest BCUT2D eigenvalue weighted by Gasteiger charge is 2.17. The number of carbonyl (C=O) groups is 3. The standard InChI is InChI=1S/C27H27N3O5/c1-27(2,3)35-26(34)29-17-21-9-8-20(25(33)30-22-11-13-28-14-12-22)16-23(21)19-6-4-5-18(15-19)7-10-24(31)32/h4-16H,17H2,1-3H3,(H,29,34)(H,31,32)(H,28,30,33)/b10-7-. The van der Waals surface area contributed by atoms with E-state index in [0.717, 1.165) is 17.2 Å². The van der Waals surface area contributed by atoms with Crippen molar-refractivity contribution in [3.05, 3.63) is 89.8 Å². The minimum atomic E-state index is -1.05. The van der Waals surface area contributed by atoms with Crippen LogP contribution in [0.25, 0.3) is 17.2 Å². The van der Waals surface area contributed by atoms with E-state index < -0.39 is 17.7 Å². The number of carboxylic acids is 1. The van der Waals surface area contributed by atoms with Crippen molar-refractivity contribution in [1.29, 1.82) is 0 Å². The average Bonchev–Trinajstić information content (AvgIpc) is 2.81. The second-order valence-electron chi connectivity index (χ2n) is 8.71. The largest absolute Gasteiger partial charge is 0.478 e. The summed E-state index contributed by atoms with van der Waals surface area (Å²) in [4.78, 5) is 39.9. The molecule has 0 atom stereocenters. The van der Waals surface area contributed by atoms with E-state index in [4.69, 9.17) is 9.84 Å². The van der Waals surface area contributed by atoms with Gasteiger partial charge in [0.1, 0.15) is 5.60 Å². The van der Waals surface area contributed by atoms with Crippen LogP contribution in [0.15, 0.2) is 73.1 Å². The summed E-state index contributed by atoms with van der Waals surface area (Å²) in [5.74, 6) is -1.35. The van der Waals surface area contributed by atoms with Crippen LogP contribution in [0, 0.1) is 0 Å². The molecule has 3 aromatic rings. The van der Waals surface area contributed by atoms with Crippen molar-refractivity contribution in [2.75, 3.05) is 5.32 Å². The zero-order valence-electron chi connectivity index (χ0n) is 19.7. The molecule has 0 aliphatic rings. The van der Waals surface area contributed by atoms with Crippen LogP contribution >= 0.6 is 0 Å². The third-order valence-corrected chi connectivity index (χ3v) is 4.75. The molecule has 3 rings (SSSR count). The molecule has 0 bridgehead atoms. The molecule has 0 saturated carbocycles. The van der Waals surface area contributed by atoms with E-state index in [2.05, 4.69) is 15.6 Å². The normalized spacial score (nSPS) is 11.2. The van der Waals surface area contributed by atoms with Gasteiger partial charge in [-0.1, -0.05) is 24.3 Å². The molecule has 0 fully saturated rings. The third-order valence-electron chi connectivity index (χ3n) is 4.75. The number of benzene rings is 2. The number of hydrogen-bond donors (Lipinski definition) is 3. The molecule has 180 valence electrons. The second-order valence-corrected chi connectivity index (χ2v) is 8.71. The zero-order chi connectivity index (χ0) is 25.4. The quantitative estimate of drug-likeness (QED) is 0.410. The van der Waals surface area contributed by atoms with Crippen LogP contribution in [-0.2, 0) is 16.1 Å². The van der Waals surface area contributed by atoms with Crippen molar-refractivity contribution >= 4 is 29.7 Å². The maximum atomic E-state index is 12.9. The average molecular weight is 474 g/mol. The number of aliphatic carboxylic acids is 1. The van der Waals surface area contributed by atoms with Gasteiger partial charge in [0.25, 0.3) is 5.91 Å². The second kappa shape index (κ2) is 11.1. The van der Waals surface area contributed by atoms with Crippen LogP contribution in [-0.4, -0.2) is 33.7 Å². The maximum Gasteiger partial charge on any atom is 0.407 e. The van der Waals surface area contributed by atoms with E-state index in [-0.39, 0.29) is 12.5 Å². The number of ether oxygens (including phenoxy) is 1. The van der Waals surface area contributed by atoms with Gasteiger partial charge in [0.15, 0.2) is 0 Å². The Hall–Kier alpha value is -4.46. The SMILES string of the molecule is CC(C)(C)OC(=O)NCc1ccc(C(=O)Nc2ccncc2)cc1-c1cccc(/C=C\C(=O)O)c1. The number of rotatable bonds is 7. The van der Waals surface area contributed by atoms with E-state index in [1.807, 2.05) is 12.1 Å². The van der Waals surface area contributed by atoms with Gasteiger partial charge >= 0.3 is 12.1 Å². The van der Waals surface area contributed by atoms with Gasteiger partial charge in [0.2, 0.25) is 0 Å². The molecule has 1 heterocycles. The molecule has 0 spiro atoms. The summed E-state index contributed by atoms with van der Waals surface area (Å²) < 4.78 is 5.32. The van der Waals surface area contributed by atoms with E-state index in [1.54, 1.807) is 75.6 Å². The fourth-order valence-corrected chi connectivity index (χ4v) is 3.24. The molecular weight excluding hydrogens is 446 g/mol. The third kappa shape index (κ3) is 7.82. The molecule has 2 amide bonds. The predicted octanol–water partition coefficient (Wildman–Crippen LogP) is 5.12. The molecule has 8 heteroatoms. The lowest BCUT2D eigenvalue weighted by Crippen LogP contribution is -2.32. The fourth-order valence-electron chi connectivity index (χ4n) is 3.24. The predicted molar refractivity (Wildman–Crippen MR) is 134 cm³/mol. The van der Waals surface area contributed by atoms with Gasteiger partial charge in [-0.05, 0) is 79.4 Å². The molecular formula is C27H27N3O5. The molecule has 0 unspecified atom stereocenters. The van der Waals surface area contributed by atoms with Crippen LogP contribution in [0.4, 0.5) is 10.5 Å². The van der Waals surface area contributed by atoms with Crippen molar-refractivity contribution in [3.8, 4) is 11.1 Å². The highest BCUT2D eigenvalue weighted by molar-refractivity contribution is 6.05. The Bertz CT molecular complexity index is 1250. The van der Waals surface area contributed by atoms with E-state index >= 15 is 0 Å². The molecule has 0 aliphatic heterocycles. The van der Waals surface area contributed by atoms with Gasteiger partial charge in [0, 0.05) is 36.3 Å². The number of anilines is 1. The lowest BCUT2D eigenvalue weighted by atomic mass is 9.95. The zero-order valence-corrected chi connectivity index (χ0v) is 19.7. The van der Waals surface area contributed by atoms with Gasteiger partial charge in [-0.15, -0.1) is 0 Å². The minimum absolute atomic E-state index is 0.172. The van der Waals surface area contributed by atoms with Crippen LogP contribution in [0.1, 0.15) is 42.3 Å². The van der Waals surface area contributed by atoms with Crippen LogP contribution in [0.2, 0.25) is 0 Å². The number of alkyl carbamates (subject to hydrolysis) is 1. The van der Waals surface area contributed by atoms with E-state index in [0.29, 0.717) is 22.4 Å². The monoisotopic (exact) mass is 473 g/mol. The number of nitrogens with one attached hydrogen (secondary N) is 2. The lowest BCUT2D eigenvalue weighted by Gasteiger charge is -2.20. The van der Waals surface area contributed by atoms with Crippen molar-refractivity contribution < 1.29 is 24.2 Å². The number of amides is 2. The molecule has 35 heavy (non-hydrogen) atoms. The molecule has 0 aliphatic carbocycles. The van der Waals surface area contributed by atoms with Crippen molar-refractivity contribution in [2.24, 2.45) is 0 Å². The first-order chi connectivity index (χ1) is 16.6. The maximum absolute atomic E-state index is 12.9. The first-order valence-corrected chi connectivity index (χ1v) is 10.9. The Morgan fingerprint density at radius 1 is 1.03 bits per heavy atom. The summed E-state index contributed by atoms with van der Waals surface area (Å²) >= 11 is 0. The van der Waals surface area contributed by atoms with Crippen molar-refractivity contribution in [3.63, 3.8) is 0 Å². The first-order valence-electron chi connectivity index (χ1n) is 10.9. The van der Waals surface area contributed by atoms with Gasteiger partial charge in [-0.2, -0.15) is 0 Å². The molecule has 1 aromatic heterocycles. The lowest BCUT2D eigenvalue weighted by molar-refractivity contribution is -0.131. The van der Waals surface area contributed by atoms with Gasteiger partial charge in [-0.3, -0.25) is 9.78 Å². The van der Waals surface area contributed by atoms with Gasteiger partial charge in [0.05, 0.1) is 0 Å². The molecule has 0 saturated heterocycles. The summed E-state index contributed by atoms with van der Waals surface area (Å²) in [6.07, 6.45) is 5.17. The number of hydrogen-bond acceptors (Lipinski definition) is 5. The fraction of sp³-hybridized carbons (Fsp3) is 0.185. The Kier molecular flexibility index (Phi) is 7.99. The summed E-state index contributed by atoms with van der Waals surface area (Å²) in [5.41, 5.74) is 3.32. The molecule has 2 aromatic carbocycles. The molecule has 3 N–H and O–H groups in total.